The molecule has 0 aliphatic heterocycles. The first-order chi connectivity index (χ1) is 19.6. The highest BCUT2D eigenvalue weighted by atomic mass is 32.1. The highest BCUT2D eigenvalue weighted by molar-refractivity contribution is 7.14. The van der Waals surface area contributed by atoms with Crippen LogP contribution >= 0.6 is 11.3 Å². The van der Waals surface area contributed by atoms with Crippen LogP contribution in [0.25, 0.3) is 11.5 Å². The fourth-order valence-corrected chi connectivity index (χ4v) is 5.75. The summed E-state index contributed by atoms with van der Waals surface area (Å²) in [5, 5.41) is 0.707. The van der Waals surface area contributed by atoms with Crippen LogP contribution < -0.4 is 0 Å². The van der Waals surface area contributed by atoms with E-state index in [1.54, 1.807) is 6.92 Å². The summed E-state index contributed by atoms with van der Waals surface area (Å²) in [4.78, 5) is 61.2. The number of carbonyl (C=O) groups excluding carboxylic acids is 4. The maximum absolute atomic E-state index is 14.1. The molecule has 11 heteroatoms. The predicted octanol–water partition coefficient (Wildman–Crippen LogP) is 5.97. The lowest BCUT2D eigenvalue weighted by atomic mass is 9.94. The molecule has 0 fully saturated rings. The summed E-state index contributed by atoms with van der Waals surface area (Å²) in [6.07, 6.45) is 6.62. The van der Waals surface area contributed by atoms with Gasteiger partial charge in [0.15, 0.2) is 11.5 Å². The minimum atomic E-state index is -0.777. The van der Waals surface area contributed by atoms with Gasteiger partial charge in [-0.1, -0.05) is 0 Å². The third-order valence-corrected chi connectivity index (χ3v) is 8.05. The first kappa shape index (κ1) is 28.6. The van der Waals surface area contributed by atoms with E-state index in [0.717, 1.165) is 50.6 Å². The number of unbranched alkanes of at least 4 members (excludes halogenated alkanes) is 2. The maximum atomic E-state index is 14.1. The number of halogens is 2. The van der Waals surface area contributed by atoms with Crippen molar-refractivity contribution in [1.29, 1.82) is 0 Å². The Morgan fingerprint density at radius 3 is 2.22 bits per heavy atom. The lowest BCUT2D eigenvalue weighted by Crippen LogP contribution is -2.21. The number of aromatic nitrogens is 2. The molecule has 3 aromatic rings. The van der Waals surface area contributed by atoms with Gasteiger partial charge in [-0.2, -0.15) is 0 Å². The Morgan fingerprint density at radius 1 is 0.854 bits per heavy atom. The fourth-order valence-electron chi connectivity index (χ4n) is 4.92. The van der Waals surface area contributed by atoms with Gasteiger partial charge in [-0.3, -0.25) is 19.2 Å². The largest absolute Gasteiger partial charge is 0.432 e. The molecule has 41 heavy (non-hydrogen) atoms. The van der Waals surface area contributed by atoms with Crippen LogP contribution in [0.3, 0.4) is 0 Å². The van der Waals surface area contributed by atoms with Crippen molar-refractivity contribution in [2.24, 2.45) is 0 Å². The molecule has 2 heterocycles. The quantitative estimate of drug-likeness (QED) is 0.256. The number of rotatable bonds is 11. The van der Waals surface area contributed by atoms with Crippen LogP contribution in [0.5, 0.6) is 0 Å². The van der Waals surface area contributed by atoms with Crippen molar-refractivity contribution in [2.45, 2.75) is 45.4 Å². The number of benzene rings is 1. The molecule has 0 bridgehead atoms. The van der Waals surface area contributed by atoms with Crippen LogP contribution in [-0.2, 0) is 0 Å². The van der Waals surface area contributed by atoms with E-state index in [9.17, 15) is 28.0 Å². The second-order valence-electron chi connectivity index (χ2n) is 10.2. The summed E-state index contributed by atoms with van der Waals surface area (Å²) in [5.74, 6) is -3.33. The first-order valence-electron chi connectivity index (χ1n) is 13.3. The van der Waals surface area contributed by atoms with E-state index in [2.05, 4.69) is 14.9 Å². The molecule has 0 unspecified atom stereocenters. The first-order valence-corrected chi connectivity index (χ1v) is 14.2. The molecule has 2 aliphatic carbocycles. The standard InChI is InChI=1S/C30H27F2N3O5S/c1-16-33-25-26(38)17(14-23(37)29(25)41-16)7-3-5-11-35(2)12-6-4-8-18-13-22(36)24-28(27(18)39)40-30(34-24)20-15-19(31)9-10-21(20)32/h9-10,13-15H,3-8,11-12H2,1-2H3. The van der Waals surface area contributed by atoms with Gasteiger partial charge in [0.25, 0.3) is 0 Å². The van der Waals surface area contributed by atoms with Crippen LogP contribution in [-0.4, -0.2) is 58.1 Å². The molecular formula is C30H27F2N3O5S. The number of oxazole rings is 1. The van der Waals surface area contributed by atoms with Crippen molar-refractivity contribution in [2.75, 3.05) is 20.1 Å². The Hall–Kier alpha value is -3.96. The Kier molecular flexibility index (Phi) is 8.27. The van der Waals surface area contributed by atoms with E-state index in [1.165, 1.54) is 23.5 Å². The zero-order chi connectivity index (χ0) is 29.3. The molecule has 0 atom stereocenters. The molecule has 0 radical (unpaired) electrons. The summed E-state index contributed by atoms with van der Waals surface area (Å²) < 4.78 is 33.2. The lowest BCUT2D eigenvalue weighted by Gasteiger charge is -2.17. The molecular weight excluding hydrogens is 552 g/mol. The minimum absolute atomic E-state index is 0.147. The van der Waals surface area contributed by atoms with E-state index in [4.69, 9.17) is 4.42 Å². The Balaban J connectivity index is 1.06. The zero-order valence-corrected chi connectivity index (χ0v) is 23.4. The van der Waals surface area contributed by atoms with Gasteiger partial charge < -0.3 is 9.32 Å². The minimum Gasteiger partial charge on any atom is -0.432 e. The van der Waals surface area contributed by atoms with Crippen molar-refractivity contribution >= 4 is 34.5 Å². The van der Waals surface area contributed by atoms with Gasteiger partial charge >= 0.3 is 0 Å². The number of aryl methyl sites for hydroxylation is 1. The van der Waals surface area contributed by atoms with Gasteiger partial charge in [-0.15, -0.1) is 11.3 Å². The summed E-state index contributed by atoms with van der Waals surface area (Å²) in [6, 6.07) is 2.78. The van der Waals surface area contributed by atoms with Crippen molar-refractivity contribution < 1.29 is 32.4 Å². The molecule has 0 amide bonds. The summed E-state index contributed by atoms with van der Waals surface area (Å²) in [7, 11) is 1.99. The number of Topliss-reactive ketones (excluding diaryl/α,β-unsaturated/α-hetero) is 2. The van der Waals surface area contributed by atoms with Crippen LogP contribution in [0.1, 0.15) is 84.7 Å². The molecule has 0 N–H and O–H groups in total. The van der Waals surface area contributed by atoms with Gasteiger partial charge in [0.05, 0.1) is 10.6 Å². The third kappa shape index (κ3) is 6.06. The molecule has 8 nitrogen and oxygen atoms in total. The molecule has 2 aromatic heterocycles. The van der Waals surface area contributed by atoms with E-state index in [-0.39, 0.29) is 40.2 Å². The Bertz CT molecular complexity index is 1630. The summed E-state index contributed by atoms with van der Waals surface area (Å²) >= 11 is 1.25. The number of allylic oxidation sites excluding steroid dienone is 4. The monoisotopic (exact) mass is 579 g/mol. The number of thiazole rings is 1. The number of nitrogens with zero attached hydrogens (tertiary/aromatic N) is 3. The predicted molar refractivity (Wildman–Crippen MR) is 147 cm³/mol. The highest BCUT2D eigenvalue weighted by Gasteiger charge is 2.32. The lowest BCUT2D eigenvalue weighted by molar-refractivity contribution is 0.0959. The summed E-state index contributed by atoms with van der Waals surface area (Å²) in [6.45, 7) is 3.36. The fraction of sp³-hybridized carbons (Fsp3) is 0.333. The van der Waals surface area contributed by atoms with E-state index >= 15 is 0 Å². The Labute approximate surface area is 238 Å². The maximum Gasteiger partial charge on any atom is 0.230 e. The number of hydrogen-bond acceptors (Lipinski definition) is 9. The number of ketones is 4. The molecule has 0 spiro atoms. The number of fused-ring (bicyclic) bond motifs is 2. The SMILES string of the molecule is Cc1nc2c(s1)C(=O)C=C(CCCCN(C)CCCCC1=CC(=O)c3nc(-c4cc(F)ccc4F)oc3C1=O)C2=O. The normalized spacial score (nSPS) is 14.9. The third-order valence-electron chi connectivity index (χ3n) is 7.06. The number of hydrogen-bond donors (Lipinski definition) is 0. The second kappa shape index (κ2) is 11.9. The van der Waals surface area contributed by atoms with Gasteiger partial charge in [0, 0.05) is 11.1 Å². The van der Waals surface area contributed by atoms with Crippen LogP contribution in [0, 0.1) is 18.6 Å². The average Bonchev–Trinajstić information content (AvgIpc) is 3.56. The molecule has 0 saturated carbocycles. The molecule has 212 valence electrons. The molecule has 0 saturated heterocycles. The van der Waals surface area contributed by atoms with Crippen molar-refractivity contribution in [3.8, 4) is 11.5 Å². The Morgan fingerprint density at radius 2 is 1.51 bits per heavy atom. The van der Waals surface area contributed by atoms with Crippen molar-refractivity contribution in [1.82, 2.24) is 14.9 Å². The van der Waals surface area contributed by atoms with Gasteiger partial charge in [-0.25, -0.2) is 18.7 Å². The molecule has 2 aliphatic rings. The van der Waals surface area contributed by atoms with E-state index in [0.29, 0.717) is 40.3 Å². The smallest absolute Gasteiger partial charge is 0.230 e. The second-order valence-corrected chi connectivity index (χ2v) is 11.4. The van der Waals surface area contributed by atoms with E-state index < -0.39 is 23.2 Å². The van der Waals surface area contributed by atoms with Gasteiger partial charge in [0.2, 0.25) is 29.0 Å². The van der Waals surface area contributed by atoms with Crippen LogP contribution in [0.2, 0.25) is 0 Å². The average molecular weight is 580 g/mol. The topological polar surface area (TPSA) is 110 Å². The number of carbonyl (C=O) groups is 4. The van der Waals surface area contributed by atoms with Crippen molar-refractivity contribution in [3.05, 3.63) is 80.2 Å². The van der Waals surface area contributed by atoms with Gasteiger partial charge in [-0.05, 0) is 95.9 Å². The van der Waals surface area contributed by atoms with Crippen LogP contribution in [0.15, 0.2) is 45.9 Å². The van der Waals surface area contributed by atoms with E-state index in [1.807, 2.05) is 7.05 Å². The highest BCUT2D eigenvalue weighted by Crippen LogP contribution is 2.31. The molecule has 1 aromatic carbocycles. The zero-order valence-electron chi connectivity index (χ0n) is 22.6. The molecule has 5 rings (SSSR count). The van der Waals surface area contributed by atoms with Crippen LogP contribution in [0.4, 0.5) is 8.78 Å². The summed E-state index contributed by atoms with van der Waals surface area (Å²) in [5.41, 5.74) is 0.628. The van der Waals surface area contributed by atoms with Gasteiger partial charge in [0.1, 0.15) is 22.2 Å². The van der Waals surface area contributed by atoms with Crippen molar-refractivity contribution in [3.63, 3.8) is 0 Å².